The Kier molecular flexibility index (Phi) is 5.24. The zero-order valence-corrected chi connectivity index (χ0v) is 14.2. The molecule has 3 N–H and O–H groups in total. The number of amides is 1. The van der Waals surface area contributed by atoms with E-state index in [0.717, 1.165) is 5.75 Å². The minimum Gasteiger partial charge on any atom is -0.457 e. The molecule has 3 aromatic carbocycles. The number of benzene rings is 3. The smallest absolute Gasteiger partial charge is 0.255 e. The van der Waals surface area contributed by atoms with Gasteiger partial charge in [-0.3, -0.25) is 4.79 Å². The fourth-order valence-corrected chi connectivity index (χ4v) is 2.31. The van der Waals surface area contributed by atoms with Gasteiger partial charge in [0.15, 0.2) is 0 Å². The van der Waals surface area contributed by atoms with Gasteiger partial charge in [-0.05, 0) is 54.6 Å². The van der Waals surface area contributed by atoms with E-state index in [1.807, 2.05) is 30.3 Å². The second-order valence-corrected chi connectivity index (χ2v) is 5.47. The van der Waals surface area contributed by atoms with E-state index in [1.54, 1.807) is 49.5 Å². The molecule has 0 bridgehead atoms. The van der Waals surface area contributed by atoms with E-state index in [0.29, 0.717) is 28.4 Å². The fraction of sp³-hybridized carbons (Fsp3) is 0.0500. The number of carbonyl (C=O) groups excluding carboxylic acids is 1. The molecular weight excluding hydrogens is 328 g/mol. The summed E-state index contributed by atoms with van der Waals surface area (Å²) in [7, 11) is 1.55. The van der Waals surface area contributed by atoms with Crippen LogP contribution >= 0.6 is 0 Å². The molecule has 0 fully saturated rings. The first kappa shape index (κ1) is 17.2. The molecule has 3 rings (SSSR count). The van der Waals surface area contributed by atoms with Gasteiger partial charge in [0.2, 0.25) is 0 Å². The lowest BCUT2D eigenvalue weighted by molar-refractivity contribution is 0.102. The maximum atomic E-state index is 12.4. The standard InChI is InChI=1S/C20H18N4O2/c1-22-24-19-13-14(7-12-18(19)21)20(25)23-15-8-10-17(11-9-15)26-16-5-3-2-4-6-16/h2-13H,21H2,1H3,(H,23,25)/b24-22-. The summed E-state index contributed by atoms with van der Waals surface area (Å²) in [5.74, 6) is 1.19. The predicted molar refractivity (Wildman–Crippen MR) is 102 cm³/mol. The Labute approximate surface area is 151 Å². The van der Waals surface area contributed by atoms with Gasteiger partial charge in [0.25, 0.3) is 5.91 Å². The van der Waals surface area contributed by atoms with Gasteiger partial charge in [-0.25, -0.2) is 0 Å². The highest BCUT2D eigenvalue weighted by atomic mass is 16.5. The molecule has 6 heteroatoms. The zero-order valence-electron chi connectivity index (χ0n) is 14.2. The first-order chi connectivity index (χ1) is 12.7. The number of anilines is 2. The Bertz CT molecular complexity index is 922. The number of carbonyl (C=O) groups is 1. The van der Waals surface area contributed by atoms with Crippen LogP contribution in [0, 0.1) is 0 Å². The molecule has 0 heterocycles. The summed E-state index contributed by atoms with van der Waals surface area (Å²) >= 11 is 0. The molecule has 0 aliphatic rings. The summed E-state index contributed by atoms with van der Waals surface area (Å²) in [6.07, 6.45) is 0. The molecule has 0 atom stereocenters. The molecule has 0 saturated carbocycles. The highest BCUT2D eigenvalue weighted by Gasteiger charge is 2.09. The SMILES string of the molecule is C/N=N\c1cc(C(=O)Nc2ccc(Oc3ccccc3)cc2)ccc1N. The van der Waals surface area contributed by atoms with E-state index in [9.17, 15) is 4.79 Å². The van der Waals surface area contributed by atoms with E-state index in [1.165, 1.54) is 0 Å². The van der Waals surface area contributed by atoms with Crippen LogP contribution in [0.5, 0.6) is 11.5 Å². The second-order valence-electron chi connectivity index (χ2n) is 5.47. The highest BCUT2D eigenvalue weighted by Crippen LogP contribution is 2.25. The van der Waals surface area contributed by atoms with Crippen molar-refractivity contribution in [3.63, 3.8) is 0 Å². The van der Waals surface area contributed by atoms with Crippen molar-refractivity contribution < 1.29 is 9.53 Å². The van der Waals surface area contributed by atoms with Crippen LogP contribution in [0.25, 0.3) is 0 Å². The Morgan fingerprint density at radius 3 is 2.35 bits per heavy atom. The van der Waals surface area contributed by atoms with Gasteiger partial charge >= 0.3 is 0 Å². The second kappa shape index (κ2) is 7.94. The summed E-state index contributed by atoms with van der Waals surface area (Å²) in [5.41, 5.74) is 7.85. The van der Waals surface area contributed by atoms with Crippen LogP contribution in [0.2, 0.25) is 0 Å². The molecule has 3 aromatic rings. The molecule has 0 aliphatic carbocycles. The van der Waals surface area contributed by atoms with Crippen LogP contribution < -0.4 is 15.8 Å². The average Bonchev–Trinajstić information content (AvgIpc) is 2.66. The fourth-order valence-electron chi connectivity index (χ4n) is 2.31. The summed E-state index contributed by atoms with van der Waals surface area (Å²) in [4.78, 5) is 12.4. The lowest BCUT2D eigenvalue weighted by Crippen LogP contribution is -2.11. The van der Waals surface area contributed by atoms with E-state index < -0.39 is 0 Å². The van der Waals surface area contributed by atoms with Crippen molar-refractivity contribution in [1.29, 1.82) is 0 Å². The minimum atomic E-state index is -0.255. The monoisotopic (exact) mass is 346 g/mol. The molecule has 130 valence electrons. The quantitative estimate of drug-likeness (QED) is 0.502. The number of nitrogens with zero attached hydrogens (tertiary/aromatic N) is 2. The van der Waals surface area contributed by atoms with Crippen LogP contribution in [-0.4, -0.2) is 13.0 Å². The number of rotatable bonds is 5. The van der Waals surface area contributed by atoms with Gasteiger partial charge in [-0.2, -0.15) is 10.2 Å². The molecule has 0 spiro atoms. The van der Waals surface area contributed by atoms with Crippen LogP contribution in [-0.2, 0) is 0 Å². The number of nitrogens with two attached hydrogens (primary N) is 1. The topological polar surface area (TPSA) is 89.1 Å². The molecule has 0 aromatic heterocycles. The van der Waals surface area contributed by atoms with Crippen molar-refractivity contribution in [2.24, 2.45) is 10.2 Å². The van der Waals surface area contributed by atoms with Gasteiger partial charge in [-0.1, -0.05) is 18.2 Å². The Morgan fingerprint density at radius 1 is 0.962 bits per heavy atom. The van der Waals surface area contributed by atoms with Crippen LogP contribution in [0.3, 0.4) is 0 Å². The number of hydrogen-bond acceptors (Lipinski definition) is 5. The van der Waals surface area contributed by atoms with Crippen molar-refractivity contribution in [2.45, 2.75) is 0 Å². The normalized spacial score (nSPS) is 10.7. The first-order valence-corrected chi connectivity index (χ1v) is 7.99. The number of ether oxygens (including phenoxy) is 1. The van der Waals surface area contributed by atoms with Crippen LogP contribution in [0.1, 0.15) is 10.4 Å². The maximum Gasteiger partial charge on any atom is 0.255 e. The maximum absolute atomic E-state index is 12.4. The minimum absolute atomic E-state index is 0.255. The van der Waals surface area contributed by atoms with Crippen molar-refractivity contribution >= 4 is 23.0 Å². The number of nitrogens with one attached hydrogen (secondary N) is 1. The molecule has 0 aliphatic heterocycles. The van der Waals surface area contributed by atoms with Crippen molar-refractivity contribution in [1.82, 2.24) is 0 Å². The van der Waals surface area contributed by atoms with Crippen molar-refractivity contribution in [3.8, 4) is 11.5 Å². The number of hydrogen-bond donors (Lipinski definition) is 2. The summed E-state index contributed by atoms with van der Waals surface area (Å²) in [6.45, 7) is 0. The predicted octanol–water partition coefficient (Wildman–Crippen LogP) is 5.03. The van der Waals surface area contributed by atoms with Gasteiger partial charge in [0, 0.05) is 18.3 Å². The van der Waals surface area contributed by atoms with Gasteiger partial charge in [0.1, 0.15) is 17.2 Å². The van der Waals surface area contributed by atoms with Crippen molar-refractivity contribution in [3.05, 3.63) is 78.4 Å². The summed E-state index contributed by atoms with van der Waals surface area (Å²) in [6, 6.07) is 21.5. The molecule has 26 heavy (non-hydrogen) atoms. The Morgan fingerprint density at radius 2 is 1.65 bits per heavy atom. The Hall–Kier alpha value is -3.67. The largest absolute Gasteiger partial charge is 0.457 e. The first-order valence-electron chi connectivity index (χ1n) is 7.99. The third-order valence-electron chi connectivity index (χ3n) is 3.59. The van der Waals surface area contributed by atoms with Gasteiger partial charge < -0.3 is 15.8 Å². The van der Waals surface area contributed by atoms with Crippen LogP contribution in [0.4, 0.5) is 17.1 Å². The number of azo groups is 1. The van der Waals surface area contributed by atoms with Crippen molar-refractivity contribution in [2.75, 3.05) is 18.1 Å². The third-order valence-corrected chi connectivity index (χ3v) is 3.59. The number of nitrogen functional groups attached to an aromatic ring is 1. The average molecular weight is 346 g/mol. The van der Waals surface area contributed by atoms with E-state index in [-0.39, 0.29) is 5.91 Å². The zero-order chi connectivity index (χ0) is 18.4. The van der Waals surface area contributed by atoms with E-state index >= 15 is 0 Å². The van der Waals surface area contributed by atoms with Crippen LogP contribution in [0.15, 0.2) is 83.0 Å². The highest BCUT2D eigenvalue weighted by molar-refractivity contribution is 6.05. The molecule has 1 amide bonds. The molecule has 6 nitrogen and oxygen atoms in total. The number of para-hydroxylation sites is 1. The van der Waals surface area contributed by atoms with Gasteiger partial charge in [0.05, 0.1) is 5.69 Å². The molecular formula is C20H18N4O2. The lowest BCUT2D eigenvalue weighted by atomic mass is 10.1. The van der Waals surface area contributed by atoms with E-state index in [4.69, 9.17) is 10.5 Å². The summed E-state index contributed by atoms with van der Waals surface area (Å²) < 4.78 is 5.73. The molecule has 0 radical (unpaired) electrons. The third kappa shape index (κ3) is 4.24. The molecule has 0 saturated heterocycles. The summed E-state index contributed by atoms with van der Waals surface area (Å²) in [5, 5.41) is 10.4. The Balaban J connectivity index is 1.69. The van der Waals surface area contributed by atoms with Gasteiger partial charge in [-0.15, -0.1) is 0 Å². The molecule has 0 unspecified atom stereocenters. The van der Waals surface area contributed by atoms with E-state index in [2.05, 4.69) is 15.5 Å². The lowest BCUT2D eigenvalue weighted by Gasteiger charge is -2.09.